The maximum atomic E-state index is 11.7. The number of hydrogen-bond acceptors (Lipinski definition) is 5. The summed E-state index contributed by atoms with van der Waals surface area (Å²) in [4.78, 5) is 21.0. The van der Waals surface area contributed by atoms with Crippen molar-refractivity contribution >= 4 is 41.6 Å². The molecule has 1 aromatic rings. The van der Waals surface area contributed by atoms with Crippen molar-refractivity contribution in [2.75, 3.05) is 22.9 Å². The van der Waals surface area contributed by atoms with E-state index in [9.17, 15) is 4.79 Å². The van der Waals surface area contributed by atoms with Gasteiger partial charge in [-0.3, -0.25) is 9.69 Å². The Morgan fingerprint density at radius 2 is 2.44 bits per heavy atom. The number of hydrogen-bond donors (Lipinski definition) is 2. The molecule has 1 aromatic heterocycles. The molecule has 1 fully saturated rings. The zero-order valence-corrected chi connectivity index (χ0v) is 10.1. The molecule has 0 saturated carbocycles. The van der Waals surface area contributed by atoms with E-state index in [1.807, 2.05) is 0 Å². The summed E-state index contributed by atoms with van der Waals surface area (Å²) in [6.07, 6.45) is 1.89. The Kier molecular flexibility index (Phi) is 3.20. The van der Waals surface area contributed by atoms with E-state index < -0.39 is 0 Å². The van der Waals surface area contributed by atoms with Crippen LogP contribution in [0.15, 0.2) is 6.20 Å². The van der Waals surface area contributed by atoms with Crippen molar-refractivity contribution in [1.29, 1.82) is 0 Å². The van der Waals surface area contributed by atoms with Crippen LogP contribution < -0.4 is 10.6 Å². The maximum Gasteiger partial charge on any atom is 0.228 e. The van der Waals surface area contributed by atoms with Gasteiger partial charge in [0, 0.05) is 13.0 Å². The van der Waals surface area contributed by atoms with Gasteiger partial charge in [0.15, 0.2) is 5.82 Å². The second kappa shape index (κ2) is 4.47. The number of carbonyl (C=O) groups excluding carboxylic acids is 1. The van der Waals surface area contributed by atoms with Gasteiger partial charge in [0.05, 0.1) is 11.9 Å². The van der Waals surface area contributed by atoms with Crippen LogP contribution in [0.2, 0.25) is 5.28 Å². The van der Waals surface area contributed by atoms with Gasteiger partial charge in [0.1, 0.15) is 0 Å². The number of nitrogens with zero attached hydrogens (tertiary/aromatic N) is 3. The van der Waals surface area contributed by atoms with Crippen molar-refractivity contribution in [2.24, 2.45) is 5.92 Å². The van der Waals surface area contributed by atoms with Crippen LogP contribution in [0.1, 0.15) is 6.42 Å². The lowest BCUT2D eigenvalue weighted by Crippen LogP contribution is -2.27. The molecule has 2 rings (SSSR count). The molecule has 16 heavy (non-hydrogen) atoms. The molecule has 0 radical (unpaired) electrons. The van der Waals surface area contributed by atoms with Crippen molar-refractivity contribution in [3.05, 3.63) is 11.5 Å². The first-order chi connectivity index (χ1) is 7.61. The predicted octanol–water partition coefficient (Wildman–Crippen LogP) is 0.995. The van der Waals surface area contributed by atoms with Gasteiger partial charge in [-0.25, -0.2) is 4.98 Å². The topological polar surface area (TPSA) is 72.1 Å². The summed E-state index contributed by atoms with van der Waals surface area (Å²) in [5.41, 5.74) is 6.08. The number of halogens is 1. The summed E-state index contributed by atoms with van der Waals surface area (Å²) in [5.74, 6) is 1.31. The van der Waals surface area contributed by atoms with Crippen LogP contribution in [0.4, 0.5) is 11.5 Å². The second-order valence-corrected chi connectivity index (χ2v) is 4.38. The summed E-state index contributed by atoms with van der Waals surface area (Å²) in [6, 6.07) is 0. The smallest absolute Gasteiger partial charge is 0.228 e. The summed E-state index contributed by atoms with van der Waals surface area (Å²) in [6.45, 7) is 0.583. The van der Waals surface area contributed by atoms with Crippen LogP contribution in [-0.4, -0.2) is 28.2 Å². The second-order valence-electron chi connectivity index (χ2n) is 3.68. The monoisotopic (exact) mass is 258 g/mol. The average molecular weight is 259 g/mol. The Morgan fingerprint density at radius 3 is 3.06 bits per heavy atom. The minimum absolute atomic E-state index is 0.000478. The van der Waals surface area contributed by atoms with Crippen molar-refractivity contribution in [3.63, 3.8) is 0 Å². The van der Waals surface area contributed by atoms with Crippen molar-refractivity contribution < 1.29 is 4.79 Å². The SMILES string of the molecule is Nc1cnc(Cl)nc1N1CC(CS)CC1=O. The fourth-order valence-electron chi connectivity index (χ4n) is 1.69. The number of thiol groups is 1. The van der Waals surface area contributed by atoms with E-state index in [2.05, 4.69) is 22.6 Å². The Hall–Kier alpha value is -1.01. The number of nitrogens with two attached hydrogens (primary N) is 1. The molecule has 0 aromatic carbocycles. The van der Waals surface area contributed by atoms with E-state index in [-0.39, 0.29) is 17.1 Å². The molecule has 1 aliphatic rings. The molecule has 1 saturated heterocycles. The lowest BCUT2D eigenvalue weighted by atomic mass is 10.1. The molecule has 2 N–H and O–H groups in total. The predicted molar refractivity (Wildman–Crippen MR) is 65.8 cm³/mol. The van der Waals surface area contributed by atoms with Gasteiger partial charge < -0.3 is 5.73 Å². The summed E-state index contributed by atoms with van der Waals surface area (Å²) >= 11 is 9.87. The molecule has 1 aliphatic heterocycles. The molecule has 2 heterocycles. The number of carbonyl (C=O) groups is 1. The van der Waals surface area contributed by atoms with E-state index in [1.54, 1.807) is 4.90 Å². The summed E-state index contributed by atoms with van der Waals surface area (Å²) in [5, 5.41) is 0.0892. The summed E-state index contributed by atoms with van der Waals surface area (Å²) < 4.78 is 0. The molecule has 1 unspecified atom stereocenters. The quantitative estimate of drug-likeness (QED) is 0.613. The molecule has 7 heteroatoms. The fourth-order valence-corrected chi connectivity index (χ4v) is 2.06. The average Bonchev–Trinajstić information content (AvgIpc) is 2.63. The third-order valence-corrected chi connectivity index (χ3v) is 3.18. The molecule has 0 spiro atoms. The van der Waals surface area contributed by atoms with Crippen LogP contribution in [0.25, 0.3) is 0 Å². The van der Waals surface area contributed by atoms with Gasteiger partial charge >= 0.3 is 0 Å². The van der Waals surface area contributed by atoms with E-state index in [4.69, 9.17) is 17.3 Å². The van der Waals surface area contributed by atoms with Crippen molar-refractivity contribution in [3.8, 4) is 0 Å². The first-order valence-corrected chi connectivity index (χ1v) is 5.82. The van der Waals surface area contributed by atoms with Gasteiger partial charge in [0.25, 0.3) is 0 Å². The number of anilines is 2. The molecule has 0 aliphatic carbocycles. The zero-order valence-electron chi connectivity index (χ0n) is 8.43. The fraction of sp³-hybridized carbons (Fsp3) is 0.444. The number of amides is 1. The van der Waals surface area contributed by atoms with E-state index >= 15 is 0 Å². The maximum absolute atomic E-state index is 11.7. The molecule has 0 bridgehead atoms. The van der Waals surface area contributed by atoms with Crippen LogP contribution in [0.3, 0.4) is 0 Å². The zero-order chi connectivity index (χ0) is 11.7. The van der Waals surface area contributed by atoms with Crippen molar-refractivity contribution in [2.45, 2.75) is 6.42 Å². The highest BCUT2D eigenvalue weighted by Gasteiger charge is 2.31. The van der Waals surface area contributed by atoms with Gasteiger partial charge in [-0.15, -0.1) is 0 Å². The van der Waals surface area contributed by atoms with Crippen LogP contribution >= 0.6 is 24.2 Å². The molecule has 5 nitrogen and oxygen atoms in total. The van der Waals surface area contributed by atoms with Gasteiger partial charge in [-0.2, -0.15) is 17.6 Å². The highest BCUT2D eigenvalue weighted by molar-refractivity contribution is 7.80. The first-order valence-electron chi connectivity index (χ1n) is 4.81. The lowest BCUT2D eigenvalue weighted by Gasteiger charge is -2.16. The third-order valence-electron chi connectivity index (χ3n) is 2.49. The molecule has 86 valence electrons. The Labute approximate surface area is 103 Å². The number of aromatic nitrogens is 2. The molecular formula is C9H11ClN4OS. The molecule has 1 amide bonds. The van der Waals surface area contributed by atoms with Crippen molar-refractivity contribution in [1.82, 2.24) is 9.97 Å². The largest absolute Gasteiger partial charge is 0.394 e. The molecule has 1 atom stereocenters. The number of nitrogen functional groups attached to an aromatic ring is 1. The normalized spacial score (nSPS) is 20.5. The van der Waals surface area contributed by atoms with E-state index in [1.165, 1.54) is 6.20 Å². The van der Waals surface area contributed by atoms with Gasteiger partial charge in [0.2, 0.25) is 11.2 Å². The van der Waals surface area contributed by atoms with Gasteiger partial charge in [-0.05, 0) is 23.3 Å². The van der Waals surface area contributed by atoms with Crippen LogP contribution in [0, 0.1) is 5.92 Å². The first kappa shape index (κ1) is 11.5. The Bertz CT molecular complexity index is 428. The van der Waals surface area contributed by atoms with E-state index in [0.29, 0.717) is 30.2 Å². The lowest BCUT2D eigenvalue weighted by molar-refractivity contribution is -0.117. The minimum atomic E-state index is 0.000478. The standard InChI is InChI=1S/C9H11ClN4OS/c10-9-12-2-6(11)8(13-9)14-3-5(4-16)1-7(14)15/h2,5,16H,1,3-4,11H2. The Balaban J connectivity index is 2.30. The van der Waals surface area contributed by atoms with Crippen LogP contribution in [-0.2, 0) is 4.79 Å². The molecular weight excluding hydrogens is 248 g/mol. The Morgan fingerprint density at radius 1 is 1.69 bits per heavy atom. The highest BCUT2D eigenvalue weighted by atomic mass is 35.5. The minimum Gasteiger partial charge on any atom is -0.394 e. The van der Waals surface area contributed by atoms with E-state index in [0.717, 1.165) is 0 Å². The van der Waals surface area contributed by atoms with Crippen LogP contribution in [0.5, 0.6) is 0 Å². The van der Waals surface area contributed by atoms with Gasteiger partial charge in [-0.1, -0.05) is 0 Å². The third kappa shape index (κ3) is 2.08. The number of rotatable bonds is 2. The highest BCUT2D eigenvalue weighted by Crippen LogP contribution is 2.28. The summed E-state index contributed by atoms with van der Waals surface area (Å²) in [7, 11) is 0.